The van der Waals surface area contributed by atoms with Crippen LogP contribution >= 0.6 is 0 Å². The predicted octanol–water partition coefficient (Wildman–Crippen LogP) is 1.43. The first kappa shape index (κ1) is 12.6. The van der Waals surface area contributed by atoms with E-state index in [2.05, 4.69) is 10.6 Å². The summed E-state index contributed by atoms with van der Waals surface area (Å²) in [7, 11) is 0. The Balaban J connectivity index is 1.78. The van der Waals surface area contributed by atoms with Gasteiger partial charge in [-0.3, -0.25) is 4.79 Å². The van der Waals surface area contributed by atoms with Gasteiger partial charge in [0.2, 0.25) is 0 Å². The molecule has 1 aromatic carbocycles. The molecule has 1 saturated heterocycles. The summed E-state index contributed by atoms with van der Waals surface area (Å²) < 4.78 is 0. The second-order valence-electron chi connectivity index (χ2n) is 4.53. The molecule has 4 heteroatoms. The van der Waals surface area contributed by atoms with Crippen LogP contribution in [0.5, 0.6) is 0 Å². The SMILES string of the molecule is N#Cc1ccc(C(=O)NCC[C@@H]2CCCN2)cc1. The van der Waals surface area contributed by atoms with Gasteiger partial charge < -0.3 is 10.6 Å². The highest BCUT2D eigenvalue weighted by molar-refractivity contribution is 5.94. The fourth-order valence-corrected chi connectivity index (χ4v) is 2.16. The average Bonchev–Trinajstić information content (AvgIpc) is 2.92. The lowest BCUT2D eigenvalue weighted by atomic mass is 10.1. The monoisotopic (exact) mass is 243 g/mol. The predicted molar refractivity (Wildman–Crippen MR) is 69.1 cm³/mol. The van der Waals surface area contributed by atoms with Gasteiger partial charge in [-0.2, -0.15) is 5.26 Å². The minimum Gasteiger partial charge on any atom is -0.352 e. The molecule has 18 heavy (non-hydrogen) atoms. The van der Waals surface area contributed by atoms with E-state index in [0.29, 0.717) is 23.7 Å². The van der Waals surface area contributed by atoms with Crippen LogP contribution in [0.4, 0.5) is 0 Å². The Labute approximate surface area is 107 Å². The lowest BCUT2D eigenvalue weighted by molar-refractivity contribution is 0.0952. The van der Waals surface area contributed by atoms with Crippen LogP contribution in [0.3, 0.4) is 0 Å². The fraction of sp³-hybridized carbons (Fsp3) is 0.429. The Morgan fingerprint density at radius 1 is 1.44 bits per heavy atom. The number of amides is 1. The summed E-state index contributed by atoms with van der Waals surface area (Å²) in [5.41, 5.74) is 1.18. The number of carbonyl (C=O) groups is 1. The number of hydrogen-bond donors (Lipinski definition) is 2. The Kier molecular flexibility index (Phi) is 4.32. The average molecular weight is 243 g/mol. The second-order valence-corrected chi connectivity index (χ2v) is 4.53. The molecule has 2 N–H and O–H groups in total. The number of nitriles is 1. The van der Waals surface area contributed by atoms with Gasteiger partial charge in [-0.1, -0.05) is 0 Å². The highest BCUT2D eigenvalue weighted by Gasteiger charge is 2.13. The molecule has 1 aromatic rings. The highest BCUT2D eigenvalue weighted by atomic mass is 16.1. The van der Waals surface area contributed by atoms with Crippen LogP contribution in [0.1, 0.15) is 35.2 Å². The van der Waals surface area contributed by atoms with Crippen LogP contribution in [0.15, 0.2) is 24.3 Å². The van der Waals surface area contributed by atoms with E-state index in [1.165, 1.54) is 12.8 Å². The Morgan fingerprint density at radius 2 is 2.22 bits per heavy atom. The molecule has 0 aliphatic carbocycles. The lowest BCUT2D eigenvalue weighted by Gasteiger charge is -2.10. The largest absolute Gasteiger partial charge is 0.352 e. The summed E-state index contributed by atoms with van der Waals surface area (Å²) in [6.45, 7) is 1.78. The minimum atomic E-state index is -0.0718. The van der Waals surface area contributed by atoms with Crippen molar-refractivity contribution in [3.63, 3.8) is 0 Å². The van der Waals surface area contributed by atoms with E-state index in [-0.39, 0.29) is 5.91 Å². The smallest absolute Gasteiger partial charge is 0.251 e. The summed E-state index contributed by atoms with van der Waals surface area (Å²) in [6.07, 6.45) is 3.41. The molecule has 1 atom stereocenters. The van der Waals surface area contributed by atoms with Crippen LogP contribution in [0, 0.1) is 11.3 Å². The van der Waals surface area contributed by atoms with E-state index in [0.717, 1.165) is 13.0 Å². The molecule has 0 saturated carbocycles. The first-order chi connectivity index (χ1) is 8.79. The van der Waals surface area contributed by atoms with Crippen molar-refractivity contribution in [1.29, 1.82) is 5.26 Å². The maximum absolute atomic E-state index is 11.8. The van der Waals surface area contributed by atoms with Crippen molar-refractivity contribution in [3.05, 3.63) is 35.4 Å². The van der Waals surface area contributed by atoms with Crippen LogP contribution in [0.2, 0.25) is 0 Å². The maximum Gasteiger partial charge on any atom is 0.251 e. The summed E-state index contributed by atoms with van der Waals surface area (Å²) in [6, 6.07) is 9.27. The molecule has 0 radical (unpaired) electrons. The van der Waals surface area contributed by atoms with Gasteiger partial charge in [-0.15, -0.1) is 0 Å². The van der Waals surface area contributed by atoms with Crippen molar-refractivity contribution in [1.82, 2.24) is 10.6 Å². The summed E-state index contributed by atoms with van der Waals surface area (Å²) in [4.78, 5) is 11.8. The lowest BCUT2D eigenvalue weighted by Crippen LogP contribution is -2.30. The van der Waals surface area contributed by atoms with Crippen LogP contribution in [0.25, 0.3) is 0 Å². The summed E-state index contributed by atoms with van der Waals surface area (Å²) in [5.74, 6) is -0.0718. The molecule has 1 aliphatic heterocycles. The molecule has 2 rings (SSSR count). The molecule has 1 aliphatic rings. The fourth-order valence-electron chi connectivity index (χ4n) is 2.16. The minimum absolute atomic E-state index is 0.0718. The van der Waals surface area contributed by atoms with E-state index in [1.54, 1.807) is 24.3 Å². The summed E-state index contributed by atoms with van der Waals surface area (Å²) in [5, 5.41) is 15.0. The van der Waals surface area contributed by atoms with Crippen molar-refractivity contribution < 1.29 is 4.79 Å². The van der Waals surface area contributed by atoms with Crippen molar-refractivity contribution >= 4 is 5.91 Å². The number of rotatable bonds is 4. The number of hydrogen-bond acceptors (Lipinski definition) is 3. The van der Waals surface area contributed by atoms with Crippen molar-refractivity contribution in [2.75, 3.05) is 13.1 Å². The molecule has 1 fully saturated rings. The molecule has 1 heterocycles. The van der Waals surface area contributed by atoms with Gasteiger partial charge in [0.1, 0.15) is 0 Å². The van der Waals surface area contributed by atoms with Gasteiger partial charge in [0.05, 0.1) is 11.6 Å². The molecule has 94 valence electrons. The van der Waals surface area contributed by atoms with E-state index in [1.807, 2.05) is 6.07 Å². The van der Waals surface area contributed by atoms with E-state index >= 15 is 0 Å². The molecule has 4 nitrogen and oxygen atoms in total. The first-order valence-corrected chi connectivity index (χ1v) is 6.31. The third kappa shape index (κ3) is 3.31. The number of benzene rings is 1. The third-order valence-electron chi connectivity index (χ3n) is 3.22. The van der Waals surface area contributed by atoms with Crippen molar-refractivity contribution in [2.24, 2.45) is 0 Å². The third-order valence-corrected chi connectivity index (χ3v) is 3.22. The molecular weight excluding hydrogens is 226 g/mol. The van der Waals surface area contributed by atoms with E-state index in [4.69, 9.17) is 5.26 Å². The van der Waals surface area contributed by atoms with Crippen molar-refractivity contribution in [3.8, 4) is 6.07 Å². The topological polar surface area (TPSA) is 64.9 Å². The Hall–Kier alpha value is -1.86. The van der Waals surface area contributed by atoms with Gasteiger partial charge in [0, 0.05) is 18.2 Å². The van der Waals surface area contributed by atoms with Crippen LogP contribution < -0.4 is 10.6 Å². The standard InChI is InChI=1S/C14H17N3O/c15-10-11-3-5-12(6-4-11)14(18)17-9-7-13-2-1-8-16-13/h3-6,13,16H,1-2,7-9H2,(H,17,18)/t13-/m0/s1. The molecular formula is C14H17N3O. The summed E-state index contributed by atoms with van der Waals surface area (Å²) >= 11 is 0. The van der Waals surface area contributed by atoms with Crippen LogP contribution in [-0.2, 0) is 0 Å². The molecule has 0 aromatic heterocycles. The molecule has 0 bridgehead atoms. The van der Waals surface area contributed by atoms with Crippen LogP contribution in [-0.4, -0.2) is 25.0 Å². The normalized spacial score (nSPS) is 18.3. The van der Waals surface area contributed by atoms with E-state index < -0.39 is 0 Å². The van der Waals surface area contributed by atoms with Gasteiger partial charge in [0.15, 0.2) is 0 Å². The molecule has 0 spiro atoms. The first-order valence-electron chi connectivity index (χ1n) is 6.31. The number of carbonyl (C=O) groups excluding carboxylic acids is 1. The zero-order valence-corrected chi connectivity index (χ0v) is 10.3. The zero-order chi connectivity index (χ0) is 12.8. The second kappa shape index (κ2) is 6.18. The Bertz CT molecular complexity index is 441. The quantitative estimate of drug-likeness (QED) is 0.840. The van der Waals surface area contributed by atoms with Gasteiger partial charge in [0.25, 0.3) is 5.91 Å². The van der Waals surface area contributed by atoms with Gasteiger partial charge >= 0.3 is 0 Å². The molecule has 0 unspecified atom stereocenters. The van der Waals surface area contributed by atoms with E-state index in [9.17, 15) is 4.79 Å². The Morgan fingerprint density at radius 3 is 2.83 bits per heavy atom. The zero-order valence-electron chi connectivity index (χ0n) is 10.3. The molecule has 1 amide bonds. The maximum atomic E-state index is 11.8. The van der Waals surface area contributed by atoms with Gasteiger partial charge in [-0.05, 0) is 50.1 Å². The highest BCUT2D eigenvalue weighted by Crippen LogP contribution is 2.08. The number of nitrogens with zero attached hydrogens (tertiary/aromatic N) is 1. The van der Waals surface area contributed by atoms with Gasteiger partial charge in [-0.25, -0.2) is 0 Å². The number of nitrogens with one attached hydrogen (secondary N) is 2. The van der Waals surface area contributed by atoms with Crippen molar-refractivity contribution in [2.45, 2.75) is 25.3 Å².